The molecule has 1 aliphatic heterocycles. The van der Waals surface area contributed by atoms with Crippen molar-refractivity contribution in [1.29, 1.82) is 0 Å². The number of benzene rings is 4. The van der Waals surface area contributed by atoms with Crippen LogP contribution in [-0.4, -0.2) is 29.7 Å². The van der Waals surface area contributed by atoms with Crippen LogP contribution in [0.25, 0.3) is 0 Å². The molecule has 4 aromatic rings. The van der Waals surface area contributed by atoms with E-state index >= 15 is 0 Å². The Hall–Kier alpha value is -4.42. The number of methoxy groups -OCH3 is 1. The van der Waals surface area contributed by atoms with Gasteiger partial charge in [-0.3, -0.25) is 4.79 Å². The minimum atomic E-state index is -0.494. The zero-order chi connectivity index (χ0) is 25.8. The summed E-state index contributed by atoms with van der Waals surface area (Å²) in [6.45, 7) is 0. The lowest BCUT2D eigenvalue weighted by Crippen LogP contribution is -2.27. The van der Waals surface area contributed by atoms with E-state index in [1.54, 1.807) is 61.7 Å². The van der Waals surface area contributed by atoms with Crippen molar-refractivity contribution >= 4 is 29.2 Å². The van der Waals surface area contributed by atoms with Gasteiger partial charge in [-0.15, -0.1) is 0 Å². The summed E-state index contributed by atoms with van der Waals surface area (Å²) in [4.78, 5) is 26.3. The Bertz CT molecular complexity index is 1450. The first-order valence-electron chi connectivity index (χ1n) is 11.7. The summed E-state index contributed by atoms with van der Waals surface area (Å²) in [5.41, 5.74) is 2.98. The van der Waals surface area contributed by atoms with Gasteiger partial charge in [-0.2, -0.15) is 5.10 Å². The molecule has 0 radical (unpaired) electrons. The molecule has 0 aromatic heterocycles. The summed E-state index contributed by atoms with van der Waals surface area (Å²) < 4.78 is 11.0. The Labute approximate surface area is 219 Å². The quantitative estimate of drug-likeness (QED) is 0.217. The SMILES string of the molecule is COc1ccc([C@@H]2CC(c3cc(Cl)ccc3OC(=O)c3ccccc3)=NN2C(=O)c2ccccc2)cc1. The molecule has 1 atom stereocenters. The molecule has 1 aliphatic rings. The van der Waals surface area contributed by atoms with Crippen LogP contribution in [0, 0.1) is 0 Å². The lowest BCUT2D eigenvalue weighted by Gasteiger charge is -2.22. The highest BCUT2D eigenvalue weighted by atomic mass is 35.5. The second-order valence-corrected chi connectivity index (χ2v) is 8.89. The fourth-order valence-electron chi connectivity index (χ4n) is 4.21. The van der Waals surface area contributed by atoms with Crippen molar-refractivity contribution in [1.82, 2.24) is 5.01 Å². The minimum absolute atomic E-state index is 0.235. The van der Waals surface area contributed by atoms with E-state index < -0.39 is 5.97 Å². The van der Waals surface area contributed by atoms with E-state index in [1.807, 2.05) is 48.5 Å². The van der Waals surface area contributed by atoms with Crippen LogP contribution in [-0.2, 0) is 0 Å². The van der Waals surface area contributed by atoms with Gasteiger partial charge in [-0.1, -0.05) is 60.1 Å². The van der Waals surface area contributed by atoms with E-state index in [2.05, 4.69) is 0 Å². The zero-order valence-corrected chi connectivity index (χ0v) is 20.8. The summed E-state index contributed by atoms with van der Waals surface area (Å²) in [5.74, 6) is 0.307. The molecule has 6 nitrogen and oxygen atoms in total. The van der Waals surface area contributed by atoms with Gasteiger partial charge in [0.1, 0.15) is 11.5 Å². The third-order valence-corrected chi connectivity index (χ3v) is 6.34. The molecule has 0 N–H and O–H groups in total. The number of hydrogen-bond donors (Lipinski definition) is 0. The summed E-state index contributed by atoms with van der Waals surface area (Å²) in [5, 5.41) is 6.68. The Morgan fingerprint density at radius 1 is 0.865 bits per heavy atom. The fraction of sp³-hybridized carbons (Fsp3) is 0.100. The van der Waals surface area contributed by atoms with Crippen LogP contribution in [0.15, 0.2) is 108 Å². The number of ether oxygens (including phenoxy) is 2. The maximum atomic E-state index is 13.5. The minimum Gasteiger partial charge on any atom is -0.497 e. The number of halogens is 1. The van der Waals surface area contributed by atoms with Crippen molar-refractivity contribution in [3.63, 3.8) is 0 Å². The number of carbonyl (C=O) groups excluding carboxylic acids is 2. The zero-order valence-electron chi connectivity index (χ0n) is 20.0. The maximum Gasteiger partial charge on any atom is 0.343 e. The summed E-state index contributed by atoms with van der Waals surface area (Å²) in [6.07, 6.45) is 0.404. The molecular weight excluding hydrogens is 488 g/mol. The molecule has 5 rings (SSSR count). The van der Waals surface area contributed by atoms with Crippen molar-refractivity contribution in [2.45, 2.75) is 12.5 Å². The molecule has 184 valence electrons. The number of hydrazone groups is 1. The van der Waals surface area contributed by atoms with E-state index in [1.165, 1.54) is 5.01 Å². The molecule has 4 aromatic carbocycles. The van der Waals surface area contributed by atoms with E-state index in [0.29, 0.717) is 45.3 Å². The molecular formula is C30H23ClN2O4. The monoisotopic (exact) mass is 510 g/mol. The molecule has 1 heterocycles. The summed E-state index contributed by atoms with van der Waals surface area (Å²) in [6, 6.07) is 29.9. The van der Waals surface area contributed by atoms with Gasteiger partial charge in [0.2, 0.25) is 0 Å². The molecule has 0 saturated heterocycles. The Morgan fingerprint density at radius 2 is 1.51 bits per heavy atom. The molecule has 0 unspecified atom stereocenters. The first-order chi connectivity index (χ1) is 18.0. The topological polar surface area (TPSA) is 68.2 Å². The largest absolute Gasteiger partial charge is 0.497 e. The van der Waals surface area contributed by atoms with Gasteiger partial charge in [-0.05, 0) is 60.2 Å². The number of esters is 1. The average molecular weight is 511 g/mol. The highest BCUT2D eigenvalue weighted by Crippen LogP contribution is 2.37. The second-order valence-electron chi connectivity index (χ2n) is 8.45. The van der Waals surface area contributed by atoms with Gasteiger partial charge < -0.3 is 9.47 Å². The molecule has 0 fully saturated rings. The van der Waals surface area contributed by atoms with Gasteiger partial charge in [-0.25, -0.2) is 9.80 Å². The van der Waals surface area contributed by atoms with Crippen molar-refractivity contribution < 1.29 is 19.1 Å². The van der Waals surface area contributed by atoms with E-state index in [4.69, 9.17) is 26.2 Å². The van der Waals surface area contributed by atoms with Gasteiger partial charge in [0.15, 0.2) is 0 Å². The first-order valence-corrected chi connectivity index (χ1v) is 12.1. The highest BCUT2D eigenvalue weighted by molar-refractivity contribution is 6.31. The number of nitrogens with zero attached hydrogens (tertiary/aromatic N) is 2. The fourth-order valence-corrected chi connectivity index (χ4v) is 4.38. The lowest BCUT2D eigenvalue weighted by atomic mass is 9.97. The van der Waals surface area contributed by atoms with Crippen molar-refractivity contribution in [3.05, 3.63) is 130 Å². The molecule has 7 heteroatoms. The van der Waals surface area contributed by atoms with Crippen LogP contribution in [0.3, 0.4) is 0 Å². The van der Waals surface area contributed by atoms with Crippen molar-refractivity contribution in [2.75, 3.05) is 7.11 Å². The van der Waals surface area contributed by atoms with Crippen LogP contribution in [0.5, 0.6) is 11.5 Å². The number of amides is 1. The normalized spacial score (nSPS) is 14.7. The number of carbonyl (C=O) groups is 2. The lowest BCUT2D eigenvalue weighted by molar-refractivity contribution is 0.0708. The predicted molar refractivity (Wildman–Crippen MR) is 142 cm³/mol. The highest BCUT2D eigenvalue weighted by Gasteiger charge is 2.35. The Morgan fingerprint density at radius 3 is 2.16 bits per heavy atom. The smallest absolute Gasteiger partial charge is 0.343 e. The van der Waals surface area contributed by atoms with Gasteiger partial charge in [0.05, 0.1) is 24.4 Å². The average Bonchev–Trinajstić information content (AvgIpc) is 3.40. The second kappa shape index (κ2) is 10.7. The molecule has 37 heavy (non-hydrogen) atoms. The molecule has 0 spiro atoms. The van der Waals surface area contributed by atoms with Crippen LogP contribution < -0.4 is 9.47 Å². The molecule has 0 bridgehead atoms. The molecule has 0 saturated carbocycles. The summed E-state index contributed by atoms with van der Waals surface area (Å²) in [7, 11) is 1.61. The predicted octanol–water partition coefficient (Wildman–Crippen LogP) is 6.56. The third kappa shape index (κ3) is 5.25. The molecule has 0 aliphatic carbocycles. The standard InChI is InChI=1S/C30H23ClN2O4/c1-36-24-15-12-20(13-16-24)27-19-26(32-33(27)29(34)21-8-4-2-5-9-21)25-18-23(31)14-17-28(25)37-30(35)22-10-6-3-7-11-22/h2-18,27H,19H2,1H3/t27-/m0/s1. The van der Waals surface area contributed by atoms with E-state index in [0.717, 1.165) is 5.56 Å². The molecule has 1 amide bonds. The Kier molecular flexibility index (Phi) is 7.01. The van der Waals surface area contributed by atoms with Crippen LogP contribution >= 0.6 is 11.6 Å². The number of rotatable bonds is 6. The van der Waals surface area contributed by atoms with Gasteiger partial charge >= 0.3 is 5.97 Å². The van der Waals surface area contributed by atoms with E-state index in [-0.39, 0.29) is 11.9 Å². The van der Waals surface area contributed by atoms with Crippen LogP contribution in [0.2, 0.25) is 5.02 Å². The first kappa shape index (κ1) is 24.3. The van der Waals surface area contributed by atoms with Gasteiger partial charge in [0.25, 0.3) is 5.91 Å². The Balaban J connectivity index is 1.53. The van der Waals surface area contributed by atoms with Gasteiger partial charge in [0, 0.05) is 22.6 Å². The van der Waals surface area contributed by atoms with Crippen LogP contribution in [0.4, 0.5) is 0 Å². The van der Waals surface area contributed by atoms with Crippen LogP contribution in [0.1, 0.15) is 44.3 Å². The maximum absolute atomic E-state index is 13.5. The summed E-state index contributed by atoms with van der Waals surface area (Å²) >= 11 is 6.34. The van der Waals surface area contributed by atoms with E-state index in [9.17, 15) is 9.59 Å². The third-order valence-electron chi connectivity index (χ3n) is 6.10. The number of hydrogen-bond acceptors (Lipinski definition) is 5. The van der Waals surface area contributed by atoms with Crippen molar-refractivity contribution in [2.24, 2.45) is 5.10 Å². The van der Waals surface area contributed by atoms with Crippen molar-refractivity contribution in [3.8, 4) is 11.5 Å².